The highest BCUT2D eigenvalue weighted by Gasteiger charge is 2.23. The van der Waals surface area contributed by atoms with Gasteiger partial charge in [0, 0.05) is 34.3 Å². The lowest BCUT2D eigenvalue weighted by atomic mass is 9.91. The molecule has 11 heteroatoms. The monoisotopic (exact) mass is 642 g/mol. The van der Waals surface area contributed by atoms with Crippen molar-refractivity contribution in [2.24, 2.45) is 5.10 Å². The van der Waals surface area contributed by atoms with E-state index < -0.39 is 15.9 Å². The molecule has 2 aliphatic rings. The highest BCUT2D eigenvalue weighted by molar-refractivity contribution is 7.89. The van der Waals surface area contributed by atoms with Gasteiger partial charge in [0.05, 0.1) is 27.6 Å². The fourth-order valence-corrected chi connectivity index (χ4v) is 6.18. The molecule has 0 bridgehead atoms. The zero-order valence-electron chi connectivity index (χ0n) is 23.1. The van der Waals surface area contributed by atoms with E-state index in [1.165, 1.54) is 0 Å². The van der Waals surface area contributed by atoms with Gasteiger partial charge >= 0.3 is 0 Å². The Labute approximate surface area is 264 Å². The number of hydrazone groups is 1. The van der Waals surface area contributed by atoms with Gasteiger partial charge in [-0.15, -0.1) is 0 Å². The molecule has 0 saturated heterocycles. The van der Waals surface area contributed by atoms with Gasteiger partial charge in [-0.25, -0.2) is 4.83 Å². The molecule has 2 aliphatic heterocycles. The van der Waals surface area contributed by atoms with Crippen LogP contribution in [0.5, 0.6) is 23.0 Å². The number of halogens is 2. The van der Waals surface area contributed by atoms with E-state index in [4.69, 9.17) is 32.7 Å². The molecule has 220 valence electrons. The van der Waals surface area contributed by atoms with E-state index >= 15 is 0 Å². The molecule has 5 aromatic carbocycles. The third-order valence-corrected chi connectivity index (χ3v) is 9.03. The summed E-state index contributed by atoms with van der Waals surface area (Å²) < 4.78 is 38.1. The number of ether oxygens (including phenoxy) is 2. The number of aryl methyl sites for hydroxylation is 1. The number of fused-ring (bicyclic) bond motifs is 4. The average Bonchev–Trinajstić information content (AvgIpc) is 3.01. The van der Waals surface area contributed by atoms with Crippen molar-refractivity contribution in [1.29, 1.82) is 0 Å². The Morgan fingerprint density at radius 1 is 0.682 bits per heavy atom. The lowest BCUT2D eigenvalue weighted by molar-refractivity contribution is 0.481. The van der Waals surface area contributed by atoms with Crippen molar-refractivity contribution in [3.63, 3.8) is 0 Å². The van der Waals surface area contributed by atoms with Crippen LogP contribution in [0.3, 0.4) is 0 Å². The summed E-state index contributed by atoms with van der Waals surface area (Å²) in [6, 6.07) is 28.8. The van der Waals surface area contributed by atoms with Crippen molar-refractivity contribution in [3.8, 4) is 23.0 Å². The zero-order valence-corrected chi connectivity index (χ0v) is 25.5. The van der Waals surface area contributed by atoms with Crippen LogP contribution in [0, 0.1) is 6.92 Å². The number of anilines is 4. The van der Waals surface area contributed by atoms with Crippen molar-refractivity contribution in [1.82, 2.24) is 4.83 Å². The molecule has 0 radical (unpaired) electrons. The van der Waals surface area contributed by atoms with Crippen molar-refractivity contribution in [2.75, 3.05) is 10.6 Å². The maximum Gasteiger partial charge on any atom is 0.276 e. The molecule has 0 aromatic heterocycles. The quantitative estimate of drug-likeness (QED) is 0.123. The van der Waals surface area contributed by atoms with Crippen LogP contribution in [0.25, 0.3) is 0 Å². The third-order valence-electron chi connectivity index (χ3n) is 7.32. The molecule has 0 saturated carbocycles. The van der Waals surface area contributed by atoms with Crippen molar-refractivity contribution in [2.45, 2.75) is 17.7 Å². The molecule has 0 spiro atoms. The van der Waals surface area contributed by atoms with E-state index in [1.807, 2.05) is 55.5 Å². The molecule has 44 heavy (non-hydrogen) atoms. The first-order chi connectivity index (χ1) is 21.2. The number of nitrogens with one attached hydrogen (secondary N) is 3. The van der Waals surface area contributed by atoms with Gasteiger partial charge < -0.3 is 20.1 Å². The highest BCUT2D eigenvalue weighted by Crippen LogP contribution is 2.46. The lowest BCUT2D eigenvalue weighted by Crippen LogP contribution is -2.19. The van der Waals surface area contributed by atoms with Crippen LogP contribution in [-0.4, -0.2) is 14.6 Å². The topological polar surface area (TPSA) is 101 Å². The van der Waals surface area contributed by atoms with E-state index in [1.54, 1.807) is 54.7 Å². The second-order valence-electron chi connectivity index (χ2n) is 10.4. The van der Waals surface area contributed by atoms with E-state index in [-0.39, 0.29) is 4.90 Å². The normalized spacial score (nSPS) is 13.0. The first kappa shape index (κ1) is 28.1. The molecule has 0 amide bonds. The second kappa shape index (κ2) is 11.1. The minimum absolute atomic E-state index is 0.125. The van der Waals surface area contributed by atoms with Crippen LogP contribution in [0.4, 0.5) is 22.7 Å². The zero-order chi connectivity index (χ0) is 30.4. The Kier molecular flexibility index (Phi) is 7.08. The van der Waals surface area contributed by atoms with Crippen LogP contribution in [0.1, 0.15) is 22.6 Å². The number of benzene rings is 5. The number of sulfonamides is 1. The molecule has 8 nitrogen and oxygen atoms in total. The van der Waals surface area contributed by atoms with Crippen molar-refractivity contribution >= 4 is 62.2 Å². The van der Waals surface area contributed by atoms with E-state index in [0.29, 0.717) is 33.0 Å². The van der Waals surface area contributed by atoms with Gasteiger partial charge in [0.15, 0.2) is 23.0 Å². The van der Waals surface area contributed by atoms with Crippen molar-refractivity contribution in [3.05, 3.63) is 124 Å². The van der Waals surface area contributed by atoms with E-state index in [9.17, 15) is 8.42 Å². The van der Waals surface area contributed by atoms with Crippen LogP contribution in [-0.2, 0) is 10.0 Å². The summed E-state index contributed by atoms with van der Waals surface area (Å²) >= 11 is 12.3. The molecule has 0 atom stereocenters. The molecular weight excluding hydrogens is 619 g/mol. The summed E-state index contributed by atoms with van der Waals surface area (Å²) in [7, 11) is -3.87. The van der Waals surface area contributed by atoms with E-state index in [2.05, 4.69) is 20.6 Å². The smallest absolute Gasteiger partial charge is 0.276 e. The first-order valence-electron chi connectivity index (χ1n) is 13.6. The predicted molar refractivity (Wildman–Crippen MR) is 174 cm³/mol. The third kappa shape index (κ3) is 5.53. The SMILES string of the molecule is Cc1ccc(S(=O)(=O)N/N=C/C(c2ccc3c(c2)Nc2ccc(Cl)cc2O3)c2ccc3c(c2)Nc2ccc(Cl)cc2O3)cc1. The van der Waals surface area contributed by atoms with Gasteiger partial charge in [-0.3, -0.25) is 0 Å². The summed E-state index contributed by atoms with van der Waals surface area (Å²) in [5, 5.41) is 12.2. The van der Waals surface area contributed by atoms with Gasteiger partial charge in [-0.2, -0.15) is 13.5 Å². The lowest BCUT2D eigenvalue weighted by Gasteiger charge is -2.25. The highest BCUT2D eigenvalue weighted by atomic mass is 35.5. The van der Waals surface area contributed by atoms with Crippen LogP contribution < -0.4 is 24.9 Å². The van der Waals surface area contributed by atoms with Gasteiger partial charge in [-0.1, -0.05) is 53.0 Å². The fourth-order valence-electron chi connectivity index (χ4n) is 5.06. The Morgan fingerprint density at radius 2 is 1.20 bits per heavy atom. The first-order valence-corrected chi connectivity index (χ1v) is 15.8. The molecule has 0 aliphatic carbocycles. The fraction of sp³-hybridized carbons (Fsp3) is 0.0606. The van der Waals surface area contributed by atoms with Gasteiger partial charge in [-0.05, 0) is 78.7 Å². The predicted octanol–water partition coefficient (Wildman–Crippen LogP) is 9.10. The minimum Gasteiger partial charge on any atom is -0.453 e. The van der Waals surface area contributed by atoms with Crippen LogP contribution >= 0.6 is 23.2 Å². The van der Waals surface area contributed by atoms with Crippen LogP contribution in [0.15, 0.2) is 107 Å². The molecule has 3 N–H and O–H groups in total. The Hall–Kier alpha value is -4.70. The number of hydrogen-bond donors (Lipinski definition) is 3. The molecule has 5 aromatic rings. The van der Waals surface area contributed by atoms with Crippen molar-refractivity contribution < 1.29 is 17.9 Å². The van der Waals surface area contributed by atoms with Gasteiger partial charge in [0.2, 0.25) is 0 Å². The summed E-state index contributed by atoms with van der Waals surface area (Å²) in [5.74, 6) is 2.07. The van der Waals surface area contributed by atoms with Gasteiger partial charge in [0.1, 0.15) is 0 Å². The summed E-state index contributed by atoms with van der Waals surface area (Å²) in [5.41, 5.74) is 5.72. The maximum atomic E-state index is 13.0. The summed E-state index contributed by atoms with van der Waals surface area (Å²) in [4.78, 5) is 2.49. The molecular formula is C33H24Cl2N4O4S. The van der Waals surface area contributed by atoms with Crippen LogP contribution in [0.2, 0.25) is 10.0 Å². The average molecular weight is 644 g/mol. The number of hydrogen-bond acceptors (Lipinski definition) is 7. The number of nitrogens with zero attached hydrogens (tertiary/aromatic N) is 1. The molecule has 2 heterocycles. The summed E-state index contributed by atoms with van der Waals surface area (Å²) in [6.45, 7) is 1.89. The van der Waals surface area contributed by atoms with Gasteiger partial charge in [0.25, 0.3) is 10.0 Å². The molecule has 0 unspecified atom stereocenters. The second-order valence-corrected chi connectivity index (χ2v) is 12.9. The Bertz CT molecular complexity index is 1960. The Balaban J connectivity index is 1.24. The molecule has 0 fully saturated rings. The molecule has 7 rings (SSSR count). The maximum absolute atomic E-state index is 13.0. The minimum atomic E-state index is -3.87. The standard InChI is InChI=1S/C33H24Cl2N4O4S/c1-19-2-8-24(9-3-19)44(40,41)39-36-18-25(20-4-12-30-28(14-20)37-26-10-6-22(34)16-32(26)42-30)21-5-13-31-29(15-21)38-27-11-7-23(35)17-33(27)43-31/h2-18,25,37-39H,1H3/b36-18+. The number of rotatable bonds is 6. The van der Waals surface area contributed by atoms with E-state index in [0.717, 1.165) is 39.4 Å². The summed E-state index contributed by atoms with van der Waals surface area (Å²) in [6.07, 6.45) is 1.57. The largest absolute Gasteiger partial charge is 0.453 e. The Morgan fingerprint density at radius 3 is 1.73 bits per heavy atom.